The van der Waals surface area contributed by atoms with Crippen LogP contribution in [0.3, 0.4) is 0 Å². The lowest BCUT2D eigenvalue weighted by Gasteiger charge is -2.24. The predicted octanol–water partition coefficient (Wildman–Crippen LogP) is 5.72. The summed E-state index contributed by atoms with van der Waals surface area (Å²) >= 11 is 0. The summed E-state index contributed by atoms with van der Waals surface area (Å²) < 4.78 is 16.5. The van der Waals surface area contributed by atoms with Crippen LogP contribution in [0.4, 0.5) is 0 Å². The van der Waals surface area contributed by atoms with Crippen molar-refractivity contribution in [1.82, 2.24) is 0 Å². The van der Waals surface area contributed by atoms with Crippen LogP contribution in [-0.4, -0.2) is 50.0 Å². The first-order valence-electron chi connectivity index (χ1n) is 13.4. The van der Waals surface area contributed by atoms with Gasteiger partial charge in [-0.1, -0.05) is 26.0 Å². The van der Waals surface area contributed by atoms with Crippen LogP contribution < -0.4 is 14.9 Å². The third-order valence-electron chi connectivity index (χ3n) is 7.85. The highest BCUT2D eigenvalue weighted by atomic mass is 16.5. The Morgan fingerprint density at radius 1 is 0.614 bits per heavy atom. The smallest absolute Gasteiger partial charge is 0.238 e. The van der Waals surface area contributed by atoms with Gasteiger partial charge >= 0.3 is 0 Å². The summed E-state index contributed by atoms with van der Waals surface area (Å²) in [5.74, 6) is -4.74. The Hall–Kier alpha value is -5.71. The van der Waals surface area contributed by atoms with Gasteiger partial charge in [0.25, 0.3) is 0 Å². The minimum absolute atomic E-state index is 0.0364. The van der Waals surface area contributed by atoms with Gasteiger partial charge in [0.05, 0.1) is 14.2 Å². The molecule has 1 heterocycles. The summed E-state index contributed by atoms with van der Waals surface area (Å²) in [5.41, 5.74) is -0.164. The summed E-state index contributed by atoms with van der Waals surface area (Å²) in [6, 6.07) is 12.6. The molecule has 5 aromatic rings. The molecule has 0 spiro atoms. The highest BCUT2D eigenvalue weighted by molar-refractivity contribution is 5.94. The zero-order valence-corrected chi connectivity index (χ0v) is 24.1. The number of ether oxygens (including phenoxy) is 2. The molecule has 0 saturated carbocycles. The lowest BCUT2D eigenvalue weighted by molar-refractivity contribution is 0.372. The van der Waals surface area contributed by atoms with E-state index in [4.69, 9.17) is 13.9 Å². The molecule has 0 saturated heterocycles. The van der Waals surface area contributed by atoms with Crippen molar-refractivity contribution in [2.45, 2.75) is 25.7 Å². The van der Waals surface area contributed by atoms with Crippen molar-refractivity contribution in [2.75, 3.05) is 14.2 Å². The molecule has 228 valence electrons. The first-order valence-corrected chi connectivity index (χ1v) is 13.4. The summed E-state index contributed by atoms with van der Waals surface area (Å²) in [4.78, 5) is 13.7. The number of hydrogen-bond donors (Lipinski definition) is 7. The van der Waals surface area contributed by atoms with Crippen LogP contribution in [0.5, 0.6) is 51.7 Å². The van der Waals surface area contributed by atoms with Gasteiger partial charge in [0.2, 0.25) is 11.2 Å². The molecule has 0 aliphatic rings. The van der Waals surface area contributed by atoms with E-state index in [0.717, 1.165) is 12.1 Å². The zero-order valence-electron chi connectivity index (χ0n) is 24.1. The topological polar surface area (TPSA) is 190 Å². The molecule has 11 nitrogen and oxygen atoms in total. The summed E-state index contributed by atoms with van der Waals surface area (Å²) in [5, 5.41) is 74.1. The quantitative estimate of drug-likeness (QED) is 0.113. The second kappa shape index (κ2) is 11.2. The molecule has 1 aromatic heterocycles. The van der Waals surface area contributed by atoms with Crippen LogP contribution in [0.15, 0.2) is 63.8 Å². The lowest BCUT2D eigenvalue weighted by atomic mass is 9.83. The third kappa shape index (κ3) is 4.77. The van der Waals surface area contributed by atoms with Crippen LogP contribution in [0.1, 0.15) is 47.9 Å². The standard InChI is InChI=1S/C33H30O11/c1-14(16-5-9-20(35)23(12-16)42-3)25-28(38)26(15(2)17-6-10-21(36)24(13-17)43-4)33-27(29(25)39)30(40)31(41)32(44-33)18-7-8-19(34)22(37)11-18/h5-15,34-39,41H,1-4H3. The molecule has 0 fully saturated rings. The fourth-order valence-electron chi connectivity index (χ4n) is 5.36. The number of rotatable bonds is 7. The Labute approximate surface area is 250 Å². The van der Waals surface area contributed by atoms with E-state index in [-0.39, 0.29) is 51.0 Å². The molecule has 0 aliphatic heterocycles. The normalized spacial score (nSPS) is 12.6. The molecule has 2 unspecified atom stereocenters. The van der Waals surface area contributed by atoms with Crippen molar-refractivity contribution in [3.05, 3.63) is 87.1 Å². The summed E-state index contributed by atoms with van der Waals surface area (Å²) in [7, 11) is 2.75. The van der Waals surface area contributed by atoms with Gasteiger partial charge in [-0.05, 0) is 53.6 Å². The van der Waals surface area contributed by atoms with E-state index >= 15 is 0 Å². The zero-order chi connectivity index (χ0) is 32.0. The number of hydrogen-bond acceptors (Lipinski definition) is 11. The maximum atomic E-state index is 13.7. The fourth-order valence-corrected chi connectivity index (χ4v) is 5.36. The largest absolute Gasteiger partial charge is 0.507 e. The Kier molecular flexibility index (Phi) is 7.56. The van der Waals surface area contributed by atoms with E-state index in [0.29, 0.717) is 11.1 Å². The molecule has 11 heteroatoms. The number of aromatic hydroxyl groups is 7. The van der Waals surface area contributed by atoms with Crippen molar-refractivity contribution in [2.24, 2.45) is 0 Å². The number of benzene rings is 4. The van der Waals surface area contributed by atoms with Gasteiger partial charge in [-0.2, -0.15) is 0 Å². The van der Waals surface area contributed by atoms with Gasteiger partial charge in [-0.25, -0.2) is 0 Å². The first-order chi connectivity index (χ1) is 20.9. The average molecular weight is 603 g/mol. The van der Waals surface area contributed by atoms with E-state index in [1.807, 2.05) is 0 Å². The van der Waals surface area contributed by atoms with Crippen molar-refractivity contribution < 1.29 is 49.6 Å². The monoisotopic (exact) mass is 602 g/mol. The number of phenols is 6. The van der Waals surface area contributed by atoms with E-state index in [1.54, 1.807) is 32.0 Å². The maximum absolute atomic E-state index is 13.7. The van der Waals surface area contributed by atoms with Gasteiger partial charge in [-0.3, -0.25) is 4.79 Å². The number of phenolic OH excluding ortho intramolecular Hbond substituents is 6. The molecule has 0 radical (unpaired) electrons. The predicted molar refractivity (Wildman–Crippen MR) is 161 cm³/mol. The van der Waals surface area contributed by atoms with Gasteiger partial charge < -0.3 is 49.6 Å². The second-order valence-corrected chi connectivity index (χ2v) is 10.3. The Balaban J connectivity index is 1.87. The highest BCUT2D eigenvalue weighted by Crippen LogP contribution is 2.50. The fraction of sp³-hybridized carbons (Fsp3) is 0.182. The Morgan fingerprint density at radius 2 is 1.14 bits per heavy atom. The highest BCUT2D eigenvalue weighted by Gasteiger charge is 2.32. The summed E-state index contributed by atoms with van der Waals surface area (Å²) in [6.45, 7) is 3.37. The van der Waals surface area contributed by atoms with Crippen molar-refractivity contribution in [1.29, 1.82) is 0 Å². The van der Waals surface area contributed by atoms with Gasteiger partial charge in [0.1, 0.15) is 22.5 Å². The van der Waals surface area contributed by atoms with Gasteiger partial charge in [-0.15, -0.1) is 0 Å². The van der Waals surface area contributed by atoms with Crippen LogP contribution in [-0.2, 0) is 0 Å². The Bertz CT molecular complexity index is 1980. The second-order valence-electron chi connectivity index (χ2n) is 10.3. The van der Waals surface area contributed by atoms with Crippen molar-refractivity contribution in [3.63, 3.8) is 0 Å². The summed E-state index contributed by atoms with van der Waals surface area (Å²) in [6.07, 6.45) is 0. The van der Waals surface area contributed by atoms with E-state index in [9.17, 15) is 40.5 Å². The van der Waals surface area contributed by atoms with Crippen molar-refractivity contribution >= 4 is 11.0 Å². The number of methoxy groups -OCH3 is 2. The van der Waals surface area contributed by atoms with E-state index in [1.165, 1.54) is 38.5 Å². The molecule has 44 heavy (non-hydrogen) atoms. The molecule has 0 aliphatic carbocycles. The van der Waals surface area contributed by atoms with E-state index in [2.05, 4.69) is 0 Å². The molecular weight excluding hydrogens is 572 g/mol. The van der Waals surface area contributed by atoms with Gasteiger partial charge in [0, 0.05) is 28.5 Å². The molecule has 5 rings (SSSR count). The SMILES string of the molecule is COc1cc(C(C)c2c(O)c(C(C)c3ccc(O)c(OC)c3)c3oc(-c4ccc(O)c(O)c4)c(O)c(=O)c3c2O)ccc1O. The first kappa shape index (κ1) is 29.8. The number of fused-ring (bicyclic) bond motifs is 1. The lowest BCUT2D eigenvalue weighted by Crippen LogP contribution is -2.10. The third-order valence-corrected chi connectivity index (χ3v) is 7.85. The minimum Gasteiger partial charge on any atom is -0.507 e. The molecule has 2 atom stereocenters. The van der Waals surface area contributed by atoms with Crippen LogP contribution in [0.25, 0.3) is 22.3 Å². The van der Waals surface area contributed by atoms with Crippen LogP contribution >= 0.6 is 0 Å². The van der Waals surface area contributed by atoms with Crippen molar-refractivity contribution in [3.8, 4) is 63.1 Å². The molecule has 4 aromatic carbocycles. The molecule has 7 N–H and O–H groups in total. The minimum atomic E-state index is -1.01. The molecular formula is C33H30O11. The molecule has 0 amide bonds. The molecule has 0 bridgehead atoms. The van der Waals surface area contributed by atoms with Gasteiger partial charge in [0.15, 0.2) is 40.3 Å². The Morgan fingerprint density at radius 3 is 1.66 bits per heavy atom. The maximum Gasteiger partial charge on any atom is 0.238 e. The average Bonchev–Trinajstić information content (AvgIpc) is 3.00. The van der Waals surface area contributed by atoms with Crippen LogP contribution in [0, 0.1) is 0 Å². The van der Waals surface area contributed by atoms with E-state index < -0.39 is 51.4 Å². The van der Waals surface area contributed by atoms with Crippen LogP contribution in [0.2, 0.25) is 0 Å².